The summed E-state index contributed by atoms with van der Waals surface area (Å²) in [6.07, 6.45) is 0. The maximum Gasteiger partial charge on any atom is 0.173 e. The molecule has 0 bridgehead atoms. The number of nitrogens with zero attached hydrogens (tertiary/aromatic N) is 6. The van der Waals surface area contributed by atoms with Crippen LogP contribution < -0.4 is 14.4 Å². The Morgan fingerprint density at radius 3 is 2.21 bits per heavy atom. The van der Waals surface area contributed by atoms with E-state index in [1.165, 1.54) is 12.1 Å². The molecule has 1 unspecified atom stereocenters. The van der Waals surface area contributed by atoms with Crippen LogP contribution in [0.15, 0.2) is 42.5 Å². The molecule has 0 saturated carbocycles. The zero-order valence-corrected chi connectivity index (χ0v) is 21.0. The lowest BCUT2D eigenvalue weighted by Crippen LogP contribution is -2.48. The van der Waals surface area contributed by atoms with Gasteiger partial charge in [0.25, 0.3) is 0 Å². The van der Waals surface area contributed by atoms with Crippen molar-refractivity contribution >= 4 is 18.1 Å². The van der Waals surface area contributed by atoms with Crippen LogP contribution in [0.5, 0.6) is 11.5 Å². The molecule has 1 aliphatic heterocycles. The molecule has 2 heterocycles. The van der Waals surface area contributed by atoms with Gasteiger partial charge in [-0.15, -0.1) is 17.5 Å². The van der Waals surface area contributed by atoms with Crippen LogP contribution >= 0.6 is 12.4 Å². The van der Waals surface area contributed by atoms with E-state index in [0.29, 0.717) is 0 Å². The second-order valence-electron chi connectivity index (χ2n) is 9.13. The minimum Gasteiger partial charge on any atom is -0.497 e. The van der Waals surface area contributed by atoms with Crippen LogP contribution in [0.2, 0.25) is 0 Å². The fourth-order valence-corrected chi connectivity index (χ4v) is 4.28. The maximum atomic E-state index is 13.4. The van der Waals surface area contributed by atoms with E-state index in [9.17, 15) is 4.39 Å². The molecule has 8 nitrogen and oxygen atoms in total. The topological polar surface area (TPSA) is 68.5 Å². The van der Waals surface area contributed by atoms with Crippen LogP contribution in [-0.4, -0.2) is 65.5 Å². The Labute approximate surface area is 206 Å². The fraction of sp³-hybridized carbons (Fsp3) is 0.458. The highest BCUT2D eigenvalue weighted by Crippen LogP contribution is 2.37. The van der Waals surface area contributed by atoms with Crippen molar-refractivity contribution < 1.29 is 13.9 Å². The standard InChI is InChI=1S/C24H31FN6O2.ClH/c1-24(2,3)31-23(26-27-28-31)22(20-11-10-19(32-4)16-21(20)33-5)30-14-12-29(13-15-30)18-8-6-17(25)7-9-18;/h6-11,16,22H,12-15H2,1-5H3;1H. The molecule has 1 saturated heterocycles. The third-order valence-corrected chi connectivity index (χ3v) is 5.98. The lowest BCUT2D eigenvalue weighted by Gasteiger charge is -2.40. The summed E-state index contributed by atoms with van der Waals surface area (Å²) in [7, 11) is 3.30. The molecule has 3 aromatic rings. The monoisotopic (exact) mass is 490 g/mol. The Kier molecular flexibility index (Phi) is 7.99. The number of ether oxygens (including phenoxy) is 2. The summed E-state index contributed by atoms with van der Waals surface area (Å²) in [6.45, 7) is 9.43. The lowest BCUT2D eigenvalue weighted by atomic mass is 10.00. The van der Waals surface area contributed by atoms with Gasteiger partial charge in [0.1, 0.15) is 23.4 Å². The smallest absolute Gasteiger partial charge is 0.173 e. The number of anilines is 1. The normalized spacial score (nSPS) is 15.5. The van der Waals surface area contributed by atoms with Crippen LogP contribution in [-0.2, 0) is 5.54 Å². The molecule has 1 atom stereocenters. The summed E-state index contributed by atoms with van der Waals surface area (Å²) >= 11 is 0. The van der Waals surface area contributed by atoms with Crippen molar-refractivity contribution in [3.8, 4) is 11.5 Å². The molecular weight excluding hydrogens is 459 g/mol. The zero-order chi connectivity index (χ0) is 23.6. The second kappa shape index (κ2) is 10.6. The molecular formula is C24H32ClFN6O2. The van der Waals surface area contributed by atoms with Crippen LogP contribution in [0.3, 0.4) is 0 Å². The van der Waals surface area contributed by atoms with Crippen molar-refractivity contribution in [2.45, 2.75) is 32.4 Å². The molecule has 10 heteroatoms. The second-order valence-corrected chi connectivity index (χ2v) is 9.13. The van der Waals surface area contributed by atoms with Crippen molar-refractivity contribution in [3.05, 3.63) is 59.7 Å². The van der Waals surface area contributed by atoms with E-state index < -0.39 is 0 Å². The van der Waals surface area contributed by atoms with Gasteiger partial charge < -0.3 is 14.4 Å². The number of aromatic nitrogens is 4. The van der Waals surface area contributed by atoms with Crippen molar-refractivity contribution in [2.75, 3.05) is 45.3 Å². The van der Waals surface area contributed by atoms with E-state index in [4.69, 9.17) is 9.47 Å². The maximum absolute atomic E-state index is 13.4. The number of hydrogen-bond acceptors (Lipinski definition) is 7. The molecule has 184 valence electrons. The summed E-state index contributed by atoms with van der Waals surface area (Å²) in [5.41, 5.74) is 1.72. The predicted octanol–water partition coefficient (Wildman–Crippen LogP) is 3.92. The van der Waals surface area contributed by atoms with Gasteiger partial charge in [0.05, 0.1) is 19.8 Å². The highest BCUT2D eigenvalue weighted by molar-refractivity contribution is 5.85. The van der Waals surface area contributed by atoms with Gasteiger partial charge in [0.15, 0.2) is 5.82 Å². The Bertz CT molecular complexity index is 1080. The number of piperazine rings is 1. The van der Waals surface area contributed by atoms with Crippen molar-refractivity contribution in [1.29, 1.82) is 0 Å². The summed E-state index contributed by atoms with van der Waals surface area (Å²) < 4.78 is 26.4. The largest absolute Gasteiger partial charge is 0.497 e. The third-order valence-electron chi connectivity index (χ3n) is 5.98. The van der Waals surface area contributed by atoms with Crippen LogP contribution in [0, 0.1) is 5.82 Å². The van der Waals surface area contributed by atoms with Gasteiger partial charge in [0.2, 0.25) is 0 Å². The summed E-state index contributed by atoms with van der Waals surface area (Å²) in [5, 5.41) is 12.8. The molecule has 2 aromatic carbocycles. The first-order valence-corrected chi connectivity index (χ1v) is 11.1. The van der Waals surface area contributed by atoms with Crippen molar-refractivity contribution in [1.82, 2.24) is 25.1 Å². The molecule has 1 aliphatic rings. The van der Waals surface area contributed by atoms with E-state index in [1.54, 1.807) is 14.2 Å². The number of hydrogen-bond donors (Lipinski definition) is 0. The van der Waals surface area contributed by atoms with E-state index in [0.717, 1.165) is 54.8 Å². The minimum absolute atomic E-state index is 0. The molecule has 34 heavy (non-hydrogen) atoms. The first-order valence-electron chi connectivity index (χ1n) is 11.1. The van der Waals surface area contributed by atoms with E-state index >= 15 is 0 Å². The number of halogens is 2. The Morgan fingerprint density at radius 1 is 0.941 bits per heavy atom. The number of methoxy groups -OCH3 is 2. The SMILES string of the molecule is COc1ccc(C(c2nnnn2C(C)(C)C)N2CCN(c3ccc(F)cc3)CC2)c(OC)c1.Cl. The minimum atomic E-state index is -0.285. The van der Waals surface area contributed by atoms with Gasteiger partial charge >= 0.3 is 0 Å². The molecule has 0 amide bonds. The van der Waals surface area contributed by atoms with Crippen LogP contribution in [0.4, 0.5) is 10.1 Å². The average Bonchev–Trinajstić information content (AvgIpc) is 3.31. The Morgan fingerprint density at radius 2 is 1.62 bits per heavy atom. The molecule has 1 aromatic heterocycles. The quantitative estimate of drug-likeness (QED) is 0.518. The Balaban J connectivity index is 0.00000324. The third kappa shape index (κ3) is 5.26. The van der Waals surface area contributed by atoms with Crippen LogP contribution in [0.25, 0.3) is 0 Å². The van der Waals surface area contributed by atoms with Gasteiger partial charge in [-0.3, -0.25) is 4.90 Å². The molecule has 0 spiro atoms. The van der Waals surface area contributed by atoms with Crippen molar-refractivity contribution in [2.24, 2.45) is 0 Å². The average molecular weight is 491 g/mol. The predicted molar refractivity (Wildman–Crippen MR) is 132 cm³/mol. The first kappa shape index (κ1) is 25.7. The number of rotatable bonds is 6. The van der Waals surface area contributed by atoms with Crippen LogP contribution in [0.1, 0.15) is 38.2 Å². The summed E-state index contributed by atoms with van der Waals surface area (Å²) in [5.74, 6) is 1.99. The number of benzene rings is 2. The van der Waals surface area contributed by atoms with Gasteiger partial charge in [0, 0.05) is 43.5 Å². The summed E-state index contributed by atoms with van der Waals surface area (Å²) in [6, 6.07) is 12.3. The van der Waals surface area contributed by atoms with Gasteiger partial charge in [-0.1, -0.05) is 0 Å². The Hall–Kier alpha value is -2.91. The van der Waals surface area contributed by atoms with Gasteiger partial charge in [-0.2, -0.15) is 0 Å². The lowest BCUT2D eigenvalue weighted by molar-refractivity contribution is 0.188. The van der Waals surface area contributed by atoms with E-state index in [1.807, 2.05) is 35.0 Å². The molecule has 1 fully saturated rings. The number of tetrazole rings is 1. The highest BCUT2D eigenvalue weighted by Gasteiger charge is 2.35. The van der Waals surface area contributed by atoms with E-state index in [-0.39, 0.29) is 29.8 Å². The first-order chi connectivity index (χ1) is 15.8. The van der Waals surface area contributed by atoms with Gasteiger partial charge in [-0.25, -0.2) is 9.07 Å². The summed E-state index contributed by atoms with van der Waals surface area (Å²) in [4.78, 5) is 4.64. The zero-order valence-electron chi connectivity index (χ0n) is 20.2. The van der Waals surface area contributed by atoms with Crippen molar-refractivity contribution in [3.63, 3.8) is 0 Å². The fourth-order valence-electron chi connectivity index (χ4n) is 4.28. The molecule has 0 aliphatic carbocycles. The highest BCUT2D eigenvalue weighted by atomic mass is 35.5. The van der Waals surface area contributed by atoms with E-state index in [2.05, 4.69) is 46.1 Å². The molecule has 0 N–H and O–H groups in total. The van der Waals surface area contributed by atoms with Gasteiger partial charge in [-0.05, 0) is 67.6 Å². The molecule has 0 radical (unpaired) electrons. The molecule has 4 rings (SSSR count).